The van der Waals surface area contributed by atoms with E-state index in [-0.39, 0.29) is 35.1 Å². The van der Waals surface area contributed by atoms with Gasteiger partial charge in [-0.25, -0.2) is 4.79 Å². The van der Waals surface area contributed by atoms with Gasteiger partial charge in [0.1, 0.15) is 11.5 Å². The van der Waals surface area contributed by atoms with Gasteiger partial charge >= 0.3 is 5.69 Å². The van der Waals surface area contributed by atoms with E-state index in [1.165, 1.54) is 17.8 Å². The molecule has 0 saturated heterocycles. The molecule has 2 aromatic carbocycles. The zero-order valence-electron chi connectivity index (χ0n) is 18.0. The van der Waals surface area contributed by atoms with Gasteiger partial charge in [0.05, 0.1) is 19.4 Å². The number of nitrogens with zero attached hydrogens (tertiary/aromatic N) is 1. The molecule has 2 heterocycles. The monoisotopic (exact) mass is 446 g/mol. The molecule has 0 fully saturated rings. The number of aryl methyl sites for hydroxylation is 1. The van der Waals surface area contributed by atoms with Crippen LogP contribution in [0.4, 0.5) is 0 Å². The zero-order chi connectivity index (χ0) is 23.5. The number of ketones is 1. The standard InChI is InChI=1S/C25H22N2O6/c1-15-6-9-22(33-15)20-13-27(25(31)26-20)19-5-3-4-17(12-19)21(29)8-7-16-10-18(14-28)24(30)23(11-16)32-2/h3-13,28,30H,14H2,1-2H3,(H,26,31)/b8-7+. The number of hydrogen-bond acceptors (Lipinski definition) is 6. The number of aromatic amines is 1. The van der Waals surface area contributed by atoms with Crippen molar-refractivity contribution in [1.82, 2.24) is 9.55 Å². The predicted octanol–water partition coefficient (Wildman–Crippen LogP) is 3.84. The molecule has 33 heavy (non-hydrogen) atoms. The van der Waals surface area contributed by atoms with Crippen LogP contribution in [0.25, 0.3) is 23.2 Å². The molecule has 0 aliphatic carbocycles. The van der Waals surface area contributed by atoms with Crippen LogP contribution in [0.3, 0.4) is 0 Å². The Labute approximate surface area is 189 Å². The maximum Gasteiger partial charge on any atom is 0.330 e. The van der Waals surface area contributed by atoms with Crippen molar-refractivity contribution < 1.29 is 24.2 Å². The number of aliphatic hydroxyl groups excluding tert-OH is 1. The van der Waals surface area contributed by atoms with E-state index in [9.17, 15) is 19.8 Å². The maximum absolute atomic E-state index is 12.8. The topological polar surface area (TPSA) is 118 Å². The molecule has 0 aliphatic rings. The van der Waals surface area contributed by atoms with Gasteiger partial charge in [0, 0.05) is 17.3 Å². The minimum Gasteiger partial charge on any atom is -0.504 e. The molecule has 8 nitrogen and oxygen atoms in total. The second-order valence-corrected chi connectivity index (χ2v) is 7.39. The highest BCUT2D eigenvalue weighted by Gasteiger charge is 2.12. The van der Waals surface area contributed by atoms with Gasteiger partial charge in [-0.15, -0.1) is 0 Å². The number of carbonyl (C=O) groups excluding carboxylic acids is 1. The van der Waals surface area contributed by atoms with Crippen LogP contribution in [0.5, 0.6) is 11.5 Å². The molecular formula is C25H22N2O6. The number of aliphatic hydroxyl groups is 1. The first-order valence-corrected chi connectivity index (χ1v) is 10.1. The number of aromatic nitrogens is 2. The summed E-state index contributed by atoms with van der Waals surface area (Å²) in [7, 11) is 1.40. The molecule has 0 unspecified atom stereocenters. The number of allylic oxidation sites excluding steroid dienone is 1. The molecule has 0 aliphatic heterocycles. The minimum atomic E-state index is -0.370. The van der Waals surface area contributed by atoms with Crippen molar-refractivity contribution in [2.24, 2.45) is 0 Å². The Hall–Kier alpha value is -4.30. The van der Waals surface area contributed by atoms with Crippen LogP contribution in [0.2, 0.25) is 0 Å². The van der Waals surface area contributed by atoms with Crippen molar-refractivity contribution >= 4 is 11.9 Å². The lowest BCUT2D eigenvalue weighted by atomic mass is 10.1. The zero-order valence-corrected chi connectivity index (χ0v) is 18.0. The molecule has 0 saturated carbocycles. The normalized spacial score (nSPS) is 11.2. The fourth-order valence-electron chi connectivity index (χ4n) is 3.43. The van der Waals surface area contributed by atoms with Crippen LogP contribution in [0.15, 0.2) is 70.0 Å². The lowest BCUT2D eigenvalue weighted by Crippen LogP contribution is -2.14. The summed E-state index contributed by atoms with van der Waals surface area (Å²) in [4.78, 5) is 28.0. The van der Waals surface area contributed by atoms with Gasteiger partial charge in [0.15, 0.2) is 23.0 Å². The molecule has 8 heteroatoms. The largest absolute Gasteiger partial charge is 0.504 e. The minimum absolute atomic E-state index is 0.141. The fourth-order valence-corrected chi connectivity index (χ4v) is 3.43. The second-order valence-electron chi connectivity index (χ2n) is 7.39. The smallest absolute Gasteiger partial charge is 0.330 e. The van der Waals surface area contributed by atoms with E-state index in [0.29, 0.717) is 28.3 Å². The van der Waals surface area contributed by atoms with Gasteiger partial charge in [-0.1, -0.05) is 18.2 Å². The number of nitrogens with one attached hydrogen (secondary N) is 1. The highest BCUT2D eigenvalue weighted by atomic mass is 16.5. The molecule has 3 N–H and O–H groups in total. The van der Waals surface area contributed by atoms with Crippen molar-refractivity contribution in [2.75, 3.05) is 7.11 Å². The van der Waals surface area contributed by atoms with Gasteiger partial charge in [0.2, 0.25) is 0 Å². The summed E-state index contributed by atoms with van der Waals surface area (Å²) in [5.74, 6) is 1.06. The summed E-state index contributed by atoms with van der Waals surface area (Å²) in [5, 5.41) is 19.4. The number of furan rings is 1. The van der Waals surface area contributed by atoms with Crippen LogP contribution in [-0.2, 0) is 6.61 Å². The number of methoxy groups -OCH3 is 1. The fraction of sp³-hybridized carbons (Fsp3) is 0.120. The molecule has 4 rings (SSSR count). The molecule has 2 aromatic heterocycles. The third kappa shape index (κ3) is 4.51. The summed E-state index contributed by atoms with van der Waals surface area (Å²) in [5.41, 5.74) is 1.97. The highest BCUT2D eigenvalue weighted by Crippen LogP contribution is 2.32. The van der Waals surface area contributed by atoms with Crippen molar-refractivity contribution in [3.8, 4) is 28.6 Å². The Morgan fingerprint density at radius 3 is 2.73 bits per heavy atom. The Morgan fingerprint density at radius 1 is 1.21 bits per heavy atom. The number of H-pyrrole nitrogens is 1. The highest BCUT2D eigenvalue weighted by molar-refractivity contribution is 6.07. The van der Waals surface area contributed by atoms with Crippen molar-refractivity contribution in [3.63, 3.8) is 0 Å². The van der Waals surface area contributed by atoms with Crippen LogP contribution < -0.4 is 10.4 Å². The second kappa shape index (κ2) is 9.05. The summed E-state index contributed by atoms with van der Waals surface area (Å²) in [6.07, 6.45) is 4.57. The van der Waals surface area contributed by atoms with Gasteiger partial charge in [-0.2, -0.15) is 0 Å². The third-order valence-electron chi connectivity index (χ3n) is 5.13. The van der Waals surface area contributed by atoms with E-state index >= 15 is 0 Å². The molecule has 168 valence electrons. The number of phenols is 1. The van der Waals surface area contributed by atoms with E-state index in [1.807, 2.05) is 13.0 Å². The van der Waals surface area contributed by atoms with E-state index in [0.717, 1.165) is 5.76 Å². The van der Waals surface area contributed by atoms with Crippen LogP contribution in [-0.4, -0.2) is 32.7 Å². The number of carbonyl (C=O) groups is 1. The number of aromatic hydroxyl groups is 1. The number of rotatable bonds is 7. The molecule has 0 spiro atoms. The Kier molecular flexibility index (Phi) is 6.01. The molecule has 0 radical (unpaired) electrons. The summed E-state index contributed by atoms with van der Waals surface area (Å²) in [6.45, 7) is 1.45. The Bertz CT molecular complexity index is 1380. The summed E-state index contributed by atoms with van der Waals surface area (Å²) >= 11 is 0. The van der Waals surface area contributed by atoms with Crippen LogP contribution in [0.1, 0.15) is 27.2 Å². The number of benzene rings is 2. The van der Waals surface area contributed by atoms with E-state index in [1.54, 1.807) is 54.7 Å². The summed E-state index contributed by atoms with van der Waals surface area (Å²) < 4.78 is 12.1. The summed E-state index contributed by atoms with van der Waals surface area (Å²) in [6, 6.07) is 13.4. The first-order valence-electron chi connectivity index (χ1n) is 10.1. The first-order chi connectivity index (χ1) is 15.9. The Morgan fingerprint density at radius 2 is 2.03 bits per heavy atom. The van der Waals surface area contributed by atoms with Gasteiger partial charge < -0.3 is 24.4 Å². The first kappa shape index (κ1) is 21.9. The SMILES string of the molecule is COc1cc(/C=C/C(=O)c2cccc(-n3cc(-c4ccc(C)o4)[nH]c3=O)c2)cc(CO)c1O. The van der Waals surface area contributed by atoms with Crippen molar-refractivity contribution in [2.45, 2.75) is 13.5 Å². The van der Waals surface area contributed by atoms with E-state index in [2.05, 4.69) is 4.98 Å². The number of ether oxygens (including phenoxy) is 1. The van der Waals surface area contributed by atoms with Crippen molar-refractivity contribution in [3.05, 3.63) is 93.7 Å². The average molecular weight is 446 g/mol. The van der Waals surface area contributed by atoms with Crippen LogP contribution in [0, 0.1) is 6.92 Å². The van der Waals surface area contributed by atoms with Gasteiger partial charge in [0.25, 0.3) is 0 Å². The predicted molar refractivity (Wildman–Crippen MR) is 123 cm³/mol. The molecule has 0 atom stereocenters. The quantitative estimate of drug-likeness (QED) is 0.293. The maximum atomic E-state index is 12.8. The average Bonchev–Trinajstić information content (AvgIpc) is 3.43. The lowest BCUT2D eigenvalue weighted by molar-refractivity contribution is 0.104. The number of imidazole rings is 1. The van der Waals surface area contributed by atoms with E-state index < -0.39 is 0 Å². The van der Waals surface area contributed by atoms with Crippen LogP contribution >= 0.6 is 0 Å². The molecular weight excluding hydrogens is 424 g/mol. The number of hydrogen-bond donors (Lipinski definition) is 3. The van der Waals surface area contributed by atoms with Crippen molar-refractivity contribution in [1.29, 1.82) is 0 Å². The third-order valence-corrected chi connectivity index (χ3v) is 5.13. The van der Waals surface area contributed by atoms with Gasteiger partial charge in [-0.3, -0.25) is 9.36 Å². The van der Waals surface area contributed by atoms with E-state index in [4.69, 9.17) is 9.15 Å². The van der Waals surface area contributed by atoms with Gasteiger partial charge in [-0.05, 0) is 55.0 Å². The lowest BCUT2D eigenvalue weighted by Gasteiger charge is -2.08. The Balaban J connectivity index is 1.61. The molecule has 4 aromatic rings. The molecule has 0 bridgehead atoms. The molecule has 0 amide bonds.